The van der Waals surface area contributed by atoms with Gasteiger partial charge in [0, 0.05) is 20.2 Å². The number of hydrogen-bond acceptors (Lipinski definition) is 4. The Labute approximate surface area is 169 Å². The van der Waals surface area contributed by atoms with Crippen LogP contribution in [-0.4, -0.2) is 35.5 Å². The van der Waals surface area contributed by atoms with E-state index in [0.29, 0.717) is 13.0 Å². The van der Waals surface area contributed by atoms with Crippen molar-refractivity contribution in [3.63, 3.8) is 0 Å². The van der Waals surface area contributed by atoms with E-state index in [9.17, 15) is 9.59 Å². The fraction of sp³-hybridized carbons (Fsp3) is 0.227. The molecule has 0 aliphatic heterocycles. The predicted molar refractivity (Wildman–Crippen MR) is 112 cm³/mol. The van der Waals surface area contributed by atoms with Gasteiger partial charge in [0.15, 0.2) is 0 Å². The number of rotatable bonds is 7. The lowest BCUT2D eigenvalue weighted by Crippen LogP contribution is -2.25. The van der Waals surface area contributed by atoms with E-state index in [1.54, 1.807) is 20.2 Å². The Morgan fingerprint density at radius 2 is 1.93 bits per heavy atom. The first-order valence-electron chi connectivity index (χ1n) is 9.25. The quantitative estimate of drug-likeness (QED) is 0.604. The van der Waals surface area contributed by atoms with Crippen molar-refractivity contribution in [3.8, 4) is 5.75 Å². The van der Waals surface area contributed by atoms with Gasteiger partial charge in [0.1, 0.15) is 11.6 Å². The van der Waals surface area contributed by atoms with E-state index in [1.807, 2.05) is 54.1 Å². The van der Waals surface area contributed by atoms with Crippen LogP contribution in [0.1, 0.15) is 17.0 Å². The van der Waals surface area contributed by atoms with Crippen molar-refractivity contribution < 1.29 is 14.3 Å². The molecule has 2 N–H and O–H groups in total. The largest absolute Gasteiger partial charge is 0.497 e. The number of nitrogens with zero attached hydrogens (tertiary/aromatic N) is 2. The van der Waals surface area contributed by atoms with Crippen molar-refractivity contribution in [2.24, 2.45) is 7.05 Å². The molecule has 3 rings (SSSR count). The summed E-state index contributed by atoms with van der Waals surface area (Å²) in [6.07, 6.45) is 3.51. The second-order valence-corrected chi connectivity index (χ2v) is 6.58. The molecule has 29 heavy (non-hydrogen) atoms. The zero-order valence-electron chi connectivity index (χ0n) is 16.7. The van der Waals surface area contributed by atoms with E-state index in [-0.39, 0.29) is 11.8 Å². The molecule has 0 aliphatic rings. The first-order valence-corrected chi connectivity index (χ1v) is 9.25. The van der Waals surface area contributed by atoms with Crippen molar-refractivity contribution in [1.82, 2.24) is 20.2 Å². The molecule has 0 saturated heterocycles. The van der Waals surface area contributed by atoms with E-state index in [4.69, 9.17) is 4.74 Å². The van der Waals surface area contributed by atoms with Crippen LogP contribution in [0.5, 0.6) is 5.75 Å². The maximum absolute atomic E-state index is 12.3. The minimum atomic E-state index is -0.161. The van der Waals surface area contributed by atoms with Gasteiger partial charge >= 0.3 is 0 Å². The molecule has 0 spiro atoms. The second kappa shape index (κ2) is 9.05. The molecule has 2 amide bonds. The topological polar surface area (TPSA) is 85.2 Å². The number of methoxy groups -OCH3 is 1. The standard InChI is InChI=1S/C22H24N4O3/c1-23-21(27)11-7-15-6-10-19-18(12-15)25-20(26(19)2)14-24-22(28)13-16-4-8-17(29-3)9-5-16/h4-12H,13-14H2,1-3H3,(H,23,27)(H,24,28)/b11-7+. The molecule has 0 saturated carbocycles. The van der Waals surface area contributed by atoms with Crippen LogP contribution in [0.2, 0.25) is 0 Å². The number of imidazole rings is 1. The highest BCUT2D eigenvalue weighted by molar-refractivity contribution is 5.92. The maximum atomic E-state index is 12.3. The fourth-order valence-corrected chi connectivity index (χ4v) is 2.95. The molecule has 150 valence electrons. The third kappa shape index (κ3) is 5.01. The number of ether oxygens (including phenoxy) is 1. The molecule has 0 radical (unpaired) electrons. The highest BCUT2D eigenvalue weighted by Gasteiger charge is 2.10. The van der Waals surface area contributed by atoms with Crippen molar-refractivity contribution in [3.05, 3.63) is 65.5 Å². The van der Waals surface area contributed by atoms with Crippen LogP contribution in [0.25, 0.3) is 17.1 Å². The smallest absolute Gasteiger partial charge is 0.243 e. The van der Waals surface area contributed by atoms with Gasteiger partial charge in [-0.05, 0) is 41.5 Å². The third-order valence-electron chi connectivity index (χ3n) is 4.64. The van der Waals surface area contributed by atoms with Crippen molar-refractivity contribution in [1.29, 1.82) is 0 Å². The molecule has 0 fully saturated rings. The summed E-state index contributed by atoms with van der Waals surface area (Å²) in [5, 5.41) is 5.46. The van der Waals surface area contributed by atoms with Crippen LogP contribution >= 0.6 is 0 Å². The summed E-state index contributed by atoms with van der Waals surface area (Å²) < 4.78 is 7.08. The van der Waals surface area contributed by atoms with Gasteiger partial charge in [-0.3, -0.25) is 9.59 Å². The summed E-state index contributed by atoms with van der Waals surface area (Å²) in [7, 11) is 5.11. The minimum absolute atomic E-state index is 0.0728. The maximum Gasteiger partial charge on any atom is 0.243 e. The second-order valence-electron chi connectivity index (χ2n) is 6.58. The van der Waals surface area contributed by atoms with E-state index >= 15 is 0 Å². The van der Waals surface area contributed by atoms with Gasteiger partial charge in [0.2, 0.25) is 11.8 Å². The fourth-order valence-electron chi connectivity index (χ4n) is 2.95. The Balaban J connectivity index is 1.66. The Hall–Kier alpha value is -3.61. The predicted octanol–water partition coefficient (Wildman–Crippen LogP) is 2.20. The molecule has 3 aromatic rings. The van der Waals surface area contributed by atoms with Crippen LogP contribution in [0.3, 0.4) is 0 Å². The van der Waals surface area contributed by atoms with Crippen LogP contribution in [0.4, 0.5) is 0 Å². The third-order valence-corrected chi connectivity index (χ3v) is 4.64. The number of carbonyl (C=O) groups is 2. The van der Waals surface area contributed by atoms with Gasteiger partial charge in [0.05, 0.1) is 31.1 Å². The molecule has 1 aromatic heterocycles. The minimum Gasteiger partial charge on any atom is -0.497 e. The molecular formula is C22H24N4O3. The summed E-state index contributed by atoms with van der Waals surface area (Å²) >= 11 is 0. The lowest BCUT2D eigenvalue weighted by atomic mass is 10.1. The molecule has 7 nitrogen and oxygen atoms in total. The monoisotopic (exact) mass is 392 g/mol. The van der Waals surface area contributed by atoms with Gasteiger partial charge in [-0.25, -0.2) is 4.98 Å². The van der Waals surface area contributed by atoms with Crippen LogP contribution in [-0.2, 0) is 29.6 Å². The van der Waals surface area contributed by atoms with Crippen LogP contribution in [0.15, 0.2) is 48.5 Å². The number of carbonyl (C=O) groups excluding carboxylic acids is 2. The van der Waals surface area contributed by atoms with Gasteiger partial charge in [-0.2, -0.15) is 0 Å². The number of amides is 2. The number of fused-ring (bicyclic) bond motifs is 1. The molecule has 0 aliphatic carbocycles. The molecule has 0 unspecified atom stereocenters. The lowest BCUT2D eigenvalue weighted by molar-refractivity contribution is -0.120. The van der Waals surface area contributed by atoms with E-state index < -0.39 is 0 Å². The summed E-state index contributed by atoms with van der Waals surface area (Å²) in [4.78, 5) is 28.2. The van der Waals surface area contributed by atoms with Gasteiger partial charge in [0.25, 0.3) is 0 Å². The Morgan fingerprint density at radius 3 is 2.62 bits per heavy atom. The number of benzene rings is 2. The van der Waals surface area contributed by atoms with E-state index in [0.717, 1.165) is 33.7 Å². The summed E-state index contributed by atoms with van der Waals surface area (Å²) in [5.74, 6) is 1.29. The normalized spacial score (nSPS) is 11.0. The molecular weight excluding hydrogens is 368 g/mol. The van der Waals surface area contributed by atoms with Gasteiger partial charge in [-0.1, -0.05) is 18.2 Å². The number of aryl methyl sites for hydroxylation is 1. The first kappa shape index (κ1) is 20.1. The summed E-state index contributed by atoms with van der Waals surface area (Å²) in [5.41, 5.74) is 3.57. The van der Waals surface area contributed by atoms with E-state index in [1.165, 1.54) is 6.08 Å². The zero-order valence-corrected chi connectivity index (χ0v) is 16.7. The number of likely N-dealkylation sites (N-methyl/N-ethyl adjacent to an activating group) is 1. The van der Waals surface area contributed by atoms with E-state index in [2.05, 4.69) is 15.6 Å². The Morgan fingerprint density at radius 1 is 1.17 bits per heavy atom. The zero-order chi connectivity index (χ0) is 20.8. The Bertz CT molecular complexity index is 1050. The molecule has 0 bridgehead atoms. The molecule has 7 heteroatoms. The number of hydrogen-bond donors (Lipinski definition) is 2. The van der Waals surface area contributed by atoms with Crippen LogP contribution in [0, 0.1) is 0 Å². The van der Waals surface area contributed by atoms with Crippen molar-refractivity contribution in [2.45, 2.75) is 13.0 Å². The lowest BCUT2D eigenvalue weighted by Gasteiger charge is -2.06. The van der Waals surface area contributed by atoms with Gasteiger partial charge in [-0.15, -0.1) is 0 Å². The average molecular weight is 392 g/mol. The highest BCUT2D eigenvalue weighted by Crippen LogP contribution is 2.18. The summed E-state index contributed by atoms with van der Waals surface area (Å²) in [6, 6.07) is 13.2. The van der Waals surface area contributed by atoms with Gasteiger partial charge < -0.3 is 19.9 Å². The summed E-state index contributed by atoms with van der Waals surface area (Å²) in [6.45, 7) is 0.337. The average Bonchev–Trinajstić information content (AvgIpc) is 3.06. The SMILES string of the molecule is CNC(=O)/C=C/c1ccc2c(c1)nc(CNC(=O)Cc1ccc(OC)cc1)n2C. The highest BCUT2D eigenvalue weighted by atomic mass is 16.5. The number of nitrogens with one attached hydrogen (secondary N) is 2. The van der Waals surface area contributed by atoms with Crippen LogP contribution < -0.4 is 15.4 Å². The molecule has 1 heterocycles. The van der Waals surface area contributed by atoms with Crippen molar-refractivity contribution >= 4 is 28.9 Å². The first-order chi connectivity index (χ1) is 14.0. The molecule has 2 aromatic carbocycles. The molecule has 0 atom stereocenters. The number of aromatic nitrogens is 2. The van der Waals surface area contributed by atoms with Crippen molar-refractivity contribution in [2.75, 3.05) is 14.2 Å². The Kier molecular flexibility index (Phi) is 6.29.